The van der Waals surface area contributed by atoms with Crippen molar-refractivity contribution in [1.29, 1.82) is 0 Å². The molecule has 1 fully saturated rings. The first kappa shape index (κ1) is 10.6. The van der Waals surface area contributed by atoms with Crippen LogP contribution in [0.25, 0.3) is 0 Å². The molecular formula is C14H19N3. The van der Waals surface area contributed by atoms with Gasteiger partial charge in [0.1, 0.15) is 0 Å². The Bertz CT molecular complexity index is 426. The molecule has 0 bridgehead atoms. The SMILES string of the molecule is NC1=NCC2(CCCCC2c2ccccc2)N1. The van der Waals surface area contributed by atoms with Crippen LogP contribution in [-0.4, -0.2) is 18.0 Å². The summed E-state index contributed by atoms with van der Waals surface area (Å²) in [6, 6.07) is 10.8. The quantitative estimate of drug-likeness (QED) is 0.774. The highest BCUT2D eigenvalue weighted by molar-refractivity contribution is 5.81. The van der Waals surface area contributed by atoms with Crippen LogP contribution in [-0.2, 0) is 0 Å². The summed E-state index contributed by atoms with van der Waals surface area (Å²) in [7, 11) is 0. The van der Waals surface area contributed by atoms with Crippen molar-refractivity contribution >= 4 is 5.96 Å². The van der Waals surface area contributed by atoms with E-state index in [-0.39, 0.29) is 5.54 Å². The van der Waals surface area contributed by atoms with Gasteiger partial charge < -0.3 is 11.1 Å². The highest BCUT2D eigenvalue weighted by Crippen LogP contribution is 2.42. The van der Waals surface area contributed by atoms with E-state index in [0.717, 1.165) is 6.54 Å². The Morgan fingerprint density at radius 2 is 2.06 bits per heavy atom. The molecule has 1 aliphatic heterocycles. The highest BCUT2D eigenvalue weighted by Gasteiger charge is 2.44. The van der Waals surface area contributed by atoms with Crippen LogP contribution in [0.5, 0.6) is 0 Å². The van der Waals surface area contributed by atoms with Gasteiger partial charge in [-0.1, -0.05) is 43.2 Å². The molecule has 3 heteroatoms. The third-order valence-corrected chi connectivity index (χ3v) is 4.14. The molecule has 2 unspecified atom stereocenters. The minimum atomic E-state index is 0.0870. The maximum Gasteiger partial charge on any atom is 0.189 e. The van der Waals surface area contributed by atoms with Gasteiger partial charge in [-0.25, -0.2) is 0 Å². The molecule has 17 heavy (non-hydrogen) atoms. The van der Waals surface area contributed by atoms with Gasteiger partial charge in [0.2, 0.25) is 0 Å². The summed E-state index contributed by atoms with van der Waals surface area (Å²) >= 11 is 0. The molecular weight excluding hydrogens is 210 g/mol. The zero-order chi connectivity index (χ0) is 11.7. The smallest absolute Gasteiger partial charge is 0.189 e. The van der Waals surface area contributed by atoms with E-state index in [0.29, 0.717) is 11.9 Å². The number of nitrogens with zero attached hydrogens (tertiary/aromatic N) is 1. The van der Waals surface area contributed by atoms with Gasteiger partial charge >= 0.3 is 0 Å². The topological polar surface area (TPSA) is 50.4 Å². The largest absolute Gasteiger partial charge is 0.370 e. The number of rotatable bonds is 1. The number of nitrogens with two attached hydrogens (primary N) is 1. The van der Waals surface area contributed by atoms with Crippen molar-refractivity contribution in [2.24, 2.45) is 10.7 Å². The van der Waals surface area contributed by atoms with Crippen LogP contribution in [0, 0.1) is 0 Å². The Morgan fingerprint density at radius 3 is 2.76 bits per heavy atom. The lowest BCUT2D eigenvalue weighted by Gasteiger charge is -2.41. The molecule has 3 nitrogen and oxygen atoms in total. The van der Waals surface area contributed by atoms with Crippen molar-refractivity contribution in [3.05, 3.63) is 35.9 Å². The first-order chi connectivity index (χ1) is 8.30. The summed E-state index contributed by atoms with van der Waals surface area (Å²) < 4.78 is 0. The molecule has 0 saturated heterocycles. The fraction of sp³-hybridized carbons (Fsp3) is 0.500. The van der Waals surface area contributed by atoms with Crippen LogP contribution in [0.1, 0.15) is 37.2 Å². The molecule has 1 saturated carbocycles. The number of benzene rings is 1. The van der Waals surface area contributed by atoms with E-state index in [1.165, 1.54) is 31.2 Å². The Labute approximate surface area is 102 Å². The van der Waals surface area contributed by atoms with Gasteiger partial charge in [-0.05, 0) is 18.4 Å². The van der Waals surface area contributed by atoms with Crippen LogP contribution >= 0.6 is 0 Å². The van der Waals surface area contributed by atoms with Crippen molar-refractivity contribution in [1.82, 2.24) is 5.32 Å². The second-order valence-electron chi connectivity index (χ2n) is 5.19. The summed E-state index contributed by atoms with van der Waals surface area (Å²) in [4.78, 5) is 4.37. The molecule has 0 radical (unpaired) electrons. The van der Waals surface area contributed by atoms with Gasteiger partial charge in [0.15, 0.2) is 5.96 Å². The first-order valence-electron chi connectivity index (χ1n) is 6.43. The predicted molar refractivity (Wildman–Crippen MR) is 70.0 cm³/mol. The van der Waals surface area contributed by atoms with Gasteiger partial charge in [0.05, 0.1) is 12.1 Å². The monoisotopic (exact) mass is 229 g/mol. The second kappa shape index (κ2) is 4.06. The third kappa shape index (κ3) is 1.79. The average molecular weight is 229 g/mol. The Morgan fingerprint density at radius 1 is 1.24 bits per heavy atom. The van der Waals surface area contributed by atoms with E-state index < -0.39 is 0 Å². The van der Waals surface area contributed by atoms with Crippen molar-refractivity contribution < 1.29 is 0 Å². The van der Waals surface area contributed by atoms with Gasteiger partial charge in [-0.3, -0.25) is 4.99 Å². The van der Waals surface area contributed by atoms with Crippen molar-refractivity contribution in [2.45, 2.75) is 37.1 Å². The summed E-state index contributed by atoms with van der Waals surface area (Å²) in [5, 5.41) is 3.45. The Hall–Kier alpha value is -1.51. The molecule has 2 aliphatic rings. The molecule has 1 heterocycles. The summed E-state index contributed by atoms with van der Waals surface area (Å²) in [6.45, 7) is 0.832. The van der Waals surface area contributed by atoms with E-state index in [2.05, 4.69) is 40.6 Å². The van der Waals surface area contributed by atoms with Crippen molar-refractivity contribution in [2.75, 3.05) is 6.54 Å². The fourth-order valence-electron chi connectivity index (χ4n) is 3.31. The maximum atomic E-state index is 5.82. The molecule has 3 N–H and O–H groups in total. The normalized spacial score (nSPS) is 32.2. The predicted octanol–water partition coefficient (Wildman–Crippen LogP) is 2.00. The molecule has 3 rings (SSSR count). The minimum absolute atomic E-state index is 0.0870. The molecule has 1 aromatic carbocycles. The molecule has 1 aliphatic carbocycles. The number of aliphatic imine (C=N–C) groups is 1. The fourth-order valence-corrected chi connectivity index (χ4v) is 3.31. The van der Waals surface area contributed by atoms with Crippen molar-refractivity contribution in [3.8, 4) is 0 Å². The van der Waals surface area contributed by atoms with E-state index in [1.54, 1.807) is 0 Å². The molecule has 0 amide bonds. The van der Waals surface area contributed by atoms with E-state index in [9.17, 15) is 0 Å². The van der Waals surface area contributed by atoms with Crippen LogP contribution in [0.2, 0.25) is 0 Å². The zero-order valence-corrected chi connectivity index (χ0v) is 10.0. The molecule has 90 valence electrons. The van der Waals surface area contributed by atoms with Crippen LogP contribution in [0.15, 0.2) is 35.3 Å². The Balaban J connectivity index is 1.91. The van der Waals surface area contributed by atoms with E-state index in [1.807, 2.05) is 0 Å². The van der Waals surface area contributed by atoms with Gasteiger partial charge in [-0.2, -0.15) is 0 Å². The minimum Gasteiger partial charge on any atom is -0.370 e. The molecule has 0 aromatic heterocycles. The summed E-state index contributed by atoms with van der Waals surface area (Å²) in [5.74, 6) is 1.16. The van der Waals surface area contributed by atoms with Crippen LogP contribution in [0.3, 0.4) is 0 Å². The second-order valence-corrected chi connectivity index (χ2v) is 5.19. The summed E-state index contributed by atoms with van der Waals surface area (Å²) in [6.07, 6.45) is 5.00. The van der Waals surface area contributed by atoms with Crippen molar-refractivity contribution in [3.63, 3.8) is 0 Å². The molecule has 1 spiro atoms. The zero-order valence-electron chi connectivity index (χ0n) is 10.0. The highest BCUT2D eigenvalue weighted by atomic mass is 15.2. The molecule has 1 aromatic rings. The van der Waals surface area contributed by atoms with Crippen LogP contribution in [0.4, 0.5) is 0 Å². The lowest BCUT2D eigenvalue weighted by molar-refractivity contribution is 0.244. The van der Waals surface area contributed by atoms with Gasteiger partial charge in [-0.15, -0.1) is 0 Å². The first-order valence-corrected chi connectivity index (χ1v) is 6.43. The van der Waals surface area contributed by atoms with Crippen LogP contribution < -0.4 is 11.1 Å². The number of hydrogen-bond acceptors (Lipinski definition) is 3. The Kier molecular flexibility index (Phi) is 2.54. The maximum absolute atomic E-state index is 5.82. The third-order valence-electron chi connectivity index (χ3n) is 4.14. The lowest BCUT2D eigenvalue weighted by Crippen LogP contribution is -2.53. The van der Waals surface area contributed by atoms with E-state index >= 15 is 0 Å². The number of guanidine groups is 1. The summed E-state index contributed by atoms with van der Waals surface area (Å²) in [5.41, 5.74) is 7.33. The van der Waals surface area contributed by atoms with E-state index in [4.69, 9.17) is 5.73 Å². The number of nitrogens with one attached hydrogen (secondary N) is 1. The van der Waals surface area contributed by atoms with Gasteiger partial charge in [0, 0.05) is 5.92 Å². The lowest BCUT2D eigenvalue weighted by atomic mass is 9.70. The standard InChI is InChI=1S/C14H19N3/c15-13-16-10-14(17-13)9-5-4-8-12(14)11-6-2-1-3-7-11/h1-3,6-7,12H,4-5,8-10H2,(H3,15,16,17). The average Bonchev–Trinajstić information content (AvgIpc) is 2.73. The van der Waals surface area contributed by atoms with Gasteiger partial charge in [0.25, 0.3) is 0 Å². The molecule has 2 atom stereocenters. The number of hydrogen-bond donors (Lipinski definition) is 2.